The minimum absolute atomic E-state index is 0.00679. The second-order valence-corrected chi connectivity index (χ2v) is 4.99. The molecule has 1 aromatic carbocycles. The van der Waals surface area contributed by atoms with Crippen LogP contribution in [0.1, 0.15) is 32.3 Å². The van der Waals surface area contributed by atoms with Crippen LogP contribution in [0, 0.1) is 0 Å². The molecule has 1 rings (SSSR count). The maximum absolute atomic E-state index is 11.4. The van der Waals surface area contributed by atoms with Crippen molar-refractivity contribution in [3.05, 3.63) is 28.8 Å². The Morgan fingerprint density at radius 1 is 1.25 bits per heavy atom. The zero-order valence-corrected chi connectivity index (χ0v) is 12.9. The van der Waals surface area contributed by atoms with E-state index in [1.54, 1.807) is 6.07 Å². The molecule has 1 amide bonds. The Morgan fingerprint density at radius 2 is 2.00 bits per heavy atom. The monoisotopic (exact) mass is 298 g/mol. The fourth-order valence-corrected chi connectivity index (χ4v) is 1.90. The molecular weight excluding hydrogens is 276 g/mol. The molecule has 0 aliphatic rings. The predicted molar refractivity (Wildman–Crippen MR) is 82.2 cm³/mol. The van der Waals surface area contributed by atoms with Crippen LogP contribution in [0.25, 0.3) is 0 Å². The Morgan fingerprint density at radius 3 is 2.65 bits per heavy atom. The molecule has 0 saturated heterocycles. The second kappa shape index (κ2) is 9.61. The molecule has 0 saturated carbocycles. The number of rotatable bonds is 9. The molecule has 0 aliphatic heterocycles. The third kappa shape index (κ3) is 6.26. The number of ether oxygens (including phenoxy) is 1. The summed E-state index contributed by atoms with van der Waals surface area (Å²) in [5, 5.41) is 6.59. The highest BCUT2D eigenvalue weighted by atomic mass is 35.5. The van der Waals surface area contributed by atoms with Crippen LogP contribution in [-0.4, -0.2) is 25.6 Å². The summed E-state index contributed by atoms with van der Waals surface area (Å²) in [5.74, 6) is 0.411. The smallest absolute Gasteiger partial charge is 0.257 e. The molecule has 0 spiro atoms. The summed E-state index contributed by atoms with van der Waals surface area (Å²) in [6, 6.07) is 5.62. The molecule has 0 bridgehead atoms. The van der Waals surface area contributed by atoms with Gasteiger partial charge in [0, 0.05) is 13.1 Å². The molecule has 0 heterocycles. The lowest BCUT2D eigenvalue weighted by Crippen LogP contribution is -2.29. The average Bonchev–Trinajstić information content (AvgIpc) is 2.44. The van der Waals surface area contributed by atoms with Gasteiger partial charge in [0.15, 0.2) is 6.61 Å². The summed E-state index contributed by atoms with van der Waals surface area (Å²) < 4.78 is 5.41. The molecular formula is C15H23ClN2O2. The number of carbonyl (C=O) groups is 1. The second-order valence-electron chi connectivity index (χ2n) is 4.58. The van der Waals surface area contributed by atoms with Gasteiger partial charge >= 0.3 is 0 Å². The Balaban J connectivity index is 2.45. The molecule has 5 heteroatoms. The quantitative estimate of drug-likeness (QED) is 0.689. The largest absolute Gasteiger partial charge is 0.482 e. The molecule has 0 aliphatic carbocycles. The van der Waals surface area contributed by atoms with E-state index in [4.69, 9.17) is 16.3 Å². The number of benzene rings is 1. The summed E-state index contributed by atoms with van der Waals surface area (Å²) >= 11 is 6.15. The minimum atomic E-state index is -0.128. The number of nitrogens with one attached hydrogen (secondary N) is 2. The number of halogens is 1. The van der Waals surface area contributed by atoms with Gasteiger partial charge in [-0.2, -0.15) is 0 Å². The molecule has 0 aromatic heterocycles. The molecule has 4 nitrogen and oxygen atoms in total. The van der Waals surface area contributed by atoms with Gasteiger partial charge in [0.1, 0.15) is 5.75 Å². The van der Waals surface area contributed by atoms with Gasteiger partial charge in [-0.15, -0.1) is 0 Å². The highest BCUT2D eigenvalue weighted by Gasteiger charge is 2.06. The van der Waals surface area contributed by atoms with Crippen molar-refractivity contribution in [1.29, 1.82) is 0 Å². The number of amides is 1. The van der Waals surface area contributed by atoms with Gasteiger partial charge in [0.25, 0.3) is 5.91 Å². The molecule has 112 valence electrons. The van der Waals surface area contributed by atoms with Gasteiger partial charge in [0.05, 0.1) is 5.02 Å². The van der Waals surface area contributed by atoms with Crippen LogP contribution in [0.3, 0.4) is 0 Å². The van der Waals surface area contributed by atoms with Crippen molar-refractivity contribution in [3.8, 4) is 5.75 Å². The summed E-state index contributed by atoms with van der Waals surface area (Å²) in [4.78, 5) is 11.4. The topological polar surface area (TPSA) is 50.4 Å². The molecule has 0 unspecified atom stereocenters. The van der Waals surface area contributed by atoms with Crippen molar-refractivity contribution in [2.75, 3.05) is 19.7 Å². The summed E-state index contributed by atoms with van der Waals surface area (Å²) in [6.45, 7) is 6.55. The van der Waals surface area contributed by atoms with Crippen LogP contribution in [0.5, 0.6) is 5.75 Å². The molecule has 0 fully saturated rings. The van der Waals surface area contributed by atoms with E-state index in [0.717, 1.165) is 31.5 Å². The third-order valence-corrected chi connectivity index (χ3v) is 2.98. The minimum Gasteiger partial charge on any atom is -0.482 e. The van der Waals surface area contributed by atoms with E-state index in [1.807, 2.05) is 19.1 Å². The summed E-state index contributed by atoms with van der Waals surface area (Å²) in [7, 11) is 0. The number of hydrogen-bond acceptors (Lipinski definition) is 3. The number of carbonyl (C=O) groups excluding carboxylic acids is 1. The zero-order chi connectivity index (χ0) is 14.8. The van der Waals surface area contributed by atoms with Crippen molar-refractivity contribution in [3.63, 3.8) is 0 Å². The first-order chi connectivity index (χ1) is 9.67. The van der Waals surface area contributed by atoms with E-state index in [-0.39, 0.29) is 12.5 Å². The lowest BCUT2D eigenvalue weighted by Gasteiger charge is -2.10. The van der Waals surface area contributed by atoms with E-state index in [9.17, 15) is 4.79 Å². The lowest BCUT2D eigenvalue weighted by molar-refractivity contribution is -0.123. The van der Waals surface area contributed by atoms with Crippen molar-refractivity contribution >= 4 is 17.5 Å². The van der Waals surface area contributed by atoms with E-state index >= 15 is 0 Å². The fraction of sp³-hybridized carbons (Fsp3) is 0.533. The molecule has 1 aromatic rings. The van der Waals surface area contributed by atoms with Crippen molar-refractivity contribution in [2.45, 2.75) is 33.2 Å². The molecule has 0 radical (unpaired) electrons. The zero-order valence-electron chi connectivity index (χ0n) is 12.2. The van der Waals surface area contributed by atoms with Gasteiger partial charge in [-0.3, -0.25) is 4.79 Å². The highest BCUT2D eigenvalue weighted by molar-refractivity contribution is 6.32. The Kier molecular flexibility index (Phi) is 8.07. The summed E-state index contributed by atoms with van der Waals surface area (Å²) in [6.07, 6.45) is 2.01. The standard InChI is InChI=1S/C15H23ClN2O2/c1-3-7-17-10-12-5-6-14(13(16)9-12)20-11-15(19)18-8-4-2/h5-6,9,17H,3-4,7-8,10-11H2,1-2H3,(H,18,19). The molecule has 2 N–H and O–H groups in total. The molecule has 0 atom stereocenters. The van der Waals surface area contributed by atoms with E-state index < -0.39 is 0 Å². The van der Waals surface area contributed by atoms with Gasteiger partial charge in [0.2, 0.25) is 0 Å². The van der Waals surface area contributed by atoms with E-state index in [1.165, 1.54) is 0 Å². The van der Waals surface area contributed by atoms with E-state index in [0.29, 0.717) is 17.3 Å². The highest BCUT2D eigenvalue weighted by Crippen LogP contribution is 2.25. The van der Waals surface area contributed by atoms with Gasteiger partial charge in [-0.05, 0) is 37.1 Å². The van der Waals surface area contributed by atoms with Crippen LogP contribution < -0.4 is 15.4 Å². The maximum Gasteiger partial charge on any atom is 0.257 e. The normalized spacial score (nSPS) is 10.3. The van der Waals surface area contributed by atoms with Crippen LogP contribution in [-0.2, 0) is 11.3 Å². The van der Waals surface area contributed by atoms with E-state index in [2.05, 4.69) is 17.6 Å². The number of hydrogen-bond donors (Lipinski definition) is 2. The fourth-order valence-electron chi connectivity index (χ4n) is 1.64. The Labute approximate surface area is 125 Å². The predicted octanol–water partition coefficient (Wildman–Crippen LogP) is 2.74. The van der Waals surface area contributed by atoms with Crippen molar-refractivity contribution in [2.24, 2.45) is 0 Å². The van der Waals surface area contributed by atoms with Gasteiger partial charge < -0.3 is 15.4 Å². The van der Waals surface area contributed by atoms with Gasteiger partial charge in [-0.1, -0.05) is 31.5 Å². The Hall–Kier alpha value is -1.26. The Bertz CT molecular complexity index is 424. The first-order valence-corrected chi connectivity index (χ1v) is 7.43. The van der Waals surface area contributed by atoms with Gasteiger partial charge in [-0.25, -0.2) is 0 Å². The van der Waals surface area contributed by atoms with Crippen LogP contribution in [0.2, 0.25) is 5.02 Å². The maximum atomic E-state index is 11.4. The van der Waals surface area contributed by atoms with Crippen molar-refractivity contribution < 1.29 is 9.53 Å². The third-order valence-electron chi connectivity index (χ3n) is 2.68. The lowest BCUT2D eigenvalue weighted by atomic mass is 10.2. The average molecular weight is 299 g/mol. The first-order valence-electron chi connectivity index (χ1n) is 7.06. The van der Waals surface area contributed by atoms with Crippen LogP contribution in [0.4, 0.5) is 0 Å². The molecule has 20 heavy (non-hydrogen) atoms. The SMILES string of the molecule is CCCNCc1ccc(OCC(=O)NCCC)c(Cl)c1. The van der Waals surface area contributed by atoms with Crippen LogP contribution >= 0.6 is 11.6 Å². The summed E-state index contributed by atoms with van der Waals surface area (Å²) in [5.41, 5.74) is 1.10. The first kappa shape index (κ1) is 16.8. The van der Waals surface area contributed by atoms with Crippen molar-refractivity contribution in [1.82, 2.24) is 10.6 Å². The van der Waals surface area contributed by atoms with Crippen LogP contribution in [0.15, 0.2) is 18.2 Å².